The van der Waals surface area contributed by atoms with E-state index in [0.29, 0.717) is 6.54 Å². The van der Waals surface area contributed by atoms with Crippen molar-refractivity contribution in [3.8, 4) is 0 Å². The first-order valence-corrected chi connectivity index (χ1v) is 5.67. The maximum absolute atomic E-state index is 11.7. The number of nitrogens with one attached hydrogen (secondary N) is 1. The predicted octanol–water partition coefficient (Wildman–Crippen LogP) is 1.41. The summed E-state index contributed by atoms with van der Waals surface area (Å²) in [7, 11) is 0. The minimum Gasteiger partial charge on any atom is -0.326 e. The molecular formula is C12H18N2O. The molecule has 15 heavy (non-hydrogen) atoms. The molecule has 3 heteroatoms. The molecule has 1 heterocycles. The molecule has 0 radical (unpaired) electrons. The van der Waals surface area contributed by atoms with Crippen molar-refractivity contribution in [1.82, 2.24) is 4.98 Å². The highest BCUT2D eigenvalue weighted by Crippen LogP contribution is 2.23. The first kappa shape index (κ1) is 10.4. The lowest BCUT2D eigenvalue weighted by molar-refractivity contribution is 0.710. The number of nitrogens with two attached hydrogens (primary N) is 1. The van der Waals surface area contributed by atoms with Crippen LogP contribution in [0.15, 0.2) is 4.79 Å². The highest BCUT2D eigenvalue weighted by molar-refractivity contribution is 5.37. The van der Waals surface area contributed by atoms with E-state index in [-0.39, 0.29) is 5.56 Å². The molecule has 0 aliphatic heterocycles. The van der Waals surface area contributed by atoms with E-state index in [0.717, 1.165) is 24.1 Å². The summed E-state index contributed by atoms with van der Waals surface area (Å²) >= 11 is 0. The average molecular weight is 206 g/mol. The first-order chi connectivity index (χ1) is 7.24. The normalized spacial score (nSPS) is 15.9. The number of aromatic amines is 1. The van der Waals surface area contributed by atoms with Crippen molar-refractivity contribution in [3.05, 3.63) is 32.7 Å². The monoisotopic (exact) mass is 206 g/mol. The average Bonchev–Trinajstić information content (AvgIpc) is 2.44. The number of H-pyrrole nitrogens is 1. The molecule has 1 aliphatic rings. The summed E-state index contributed by atoms with van der Waals surface area (Å²) in [4.78, 5) is 14.6. The molecule has 1 aliphatic carbocycles. The van der Waals surface area contributed by atoms with E-state index in [1.54, 1.807) is 0 Å². The molecule has 0 bridgehead atoms. The van der Waals surface area contributed by atoms with Gasteiger partial charge in [0.15, 0.2) is 0 Å². The van der Waals surface area contributed by atoms with Crippen LogP contribution in [0.5, 0.6) is 0 Å². The Morgan fingerprint density at radius 2 is 1.87 bits per heavy atom. The van der Waals surface area contributed by atoms with Crippen molar-refractivity contribution in [2.45, 2.75) is 45.6 Å². The molecule has 0 fully saturated rings. The summed E-state index contributed by atoms with van der Waals surface area (Å²) in [5, 5.41) is 0. The third kappa shape index (κ3) is 1.84. The molecule has 0 saturated heterocycles. The van der Waals surface area contributed by atoms with Crippen molar-refractivity contribution in [2.75, 3.05) is 0 Å². The third-order valence-electron chi connectivity index (χ3n) is 3.31. The van der Waals surface area contributed by atoms with Gasteiger partial charge in [0.1, 0.15) is 0 Å². The maximum atomic E-state index is 11.7. The SMILES string of the molecule is Cc1[nH]c(=O)c(CN)c2c1CCCCC2. The summed E-state index contributed by atoms with van der Waals surface area (Å²) in [6.07, 6.45) is 5.77. The molecule has 3 N–H and O–H groups in total. The highest BCUT2D eigenvalue weighted by Gasteiger charge is 2.16. The number of hydrogen-bond acceptors (Lipinski definition) is 2. The number of aromatic nitrogens is 1. The van der Waals surface area contributed by atoms with Gasteiger partial charge in [0.2, 0.25) is 0 Å². The summed E-state index contributed by atoms with van der Waals surface area (Å²) in [5.74, 6) is 0. The Morgan fingerprint density at radius 3 is 2.53 bits per heavy atom. The van der Waals surface area contributed by atoms with Crippen LogP contribution in [0, 0.1) is 6.92 Å². The molecule has 0 atom stereocenters. The van der Waals surface area contributed by atoms with Gasteiger partial charge < -0.3 is 10.7 Å². The minimum absolute atomic E-state index is 0.00986. The zero-order valence-corrected chi connectivity index (χ0v) is 9.23. The van der Waals surface area contributed by atoms with Gasteiger partial charge in [-0.25, -0.2) is 0 Å². The molecule has 0 saturated carbocycles. The van der Waals surface area contributed by atoms with Crippen LogP contribution in [0.4, 0.5) is 0 Å². The topological polar surface area (TPSA) is 58.9 Å². The van der Waals surface area contributed by atoms with Gasteiger partial charge in [-0.3, -0.25) is 4.79 Å². The van der Waals surface area contributed by atoms with E-state index in [1.165, 1.54) is 30.4 Å². The van der Waals surface area contributed by atoms with E-state index in [9.17, 15) is 4.79 Å². The number of pyridine rings is 1. The highest BCUT2D eigenvalue weighted by atomic mass is 16.1. The standard InChI is InChI=1S/C12H18N2O/c1-8-9-5-3-2-4-6-10(9)11(7-13)12(15)14-8/h2-7,13H2,1H3,(H,14,15). The fourth-order valence-corrected chi connectivity index (χ4v) is 2.50. The second-order valence-corrected chi connectivity index (χ2v) is 4.28. The number of fused-ring (bicyclic) bond motifs is 1. The summed E-state index contributed by atoms with van der Waals surface area (Å²) in [6, 6.07) is 0. The van der Waals surface area contributed by atoms with Crippen LogP contribution >= 0.6 is 0 Å². The molecule has 82 valence electrons. The van der Waals surface area contributed by atoms with Gasteiger partial charge in [-0.1, -0.05) is 6.42 Å². The fourth-order valence-electron chi connectivity index (χ4n) is 2.50. The van der Waals surface area contributed by atoms with Gasteiger partial charge in [-0.15, -0.1) is 0 Å². The summed E-state index contributed by atoms with van der Waals surface area (Å²) < 4.78 is 0. The largest absolute Gasteiger partial charge is 0.326 e. The van der Waals surface area contributed by atoms with Crippen molar-refractivity contribution >= 4 is 0 Å². The number of aryl methyl sites for hydroxylation is 1. The van der Waals surface area contributed by atoms with Gasteiger partial charge in [0.25, 0.3) is 5.56 Å². The Bertz CT molecular complexity index is 420. The van der Waals surface area contributed by atoms with E-state index >= 15 is 0 Å². The van der Waals surface area contributed by atoms with Crippen LogP contribution in [-0.2, 0) is 19.4 Å². The molecule has 0 aromatic carbocycles. The number of rotatable bonds is 1. The van der Waals surface area contributed by atoms with E-state index in [4.69, 9.17) is 5.73 Å². The number of hydrogen-bond donors (Lipinski definition) is 2. The predicted molar refractivity (Wildman–Crippen MR) is 61.0 cm³/mol. The van der Waals surface area contributed by atoms with E-state index < -0.39 is 0 Å². The molecule has 1 aromatic heterocycles. The Hall–Kier alpha value is -1.09. The summed E-state index contributed by atoms with van der Waals surface area (Å²) in [6.45, 7) is 2.35. The molecule has 0 amide bonds. The zero-order chi connectivity index (χ0) is 10.8. The van der Waals surface area contributed by atoms with E-state index in [1.807, 2.05) is 6.92 Å². The molecule has 0 spiro atoms. The fraction of sp³-hybridized carbons (Fsp3) is 0.583. The van der Waals surface area contributed by atoms with Gasteiger partial charge in [-0.05, 0) is 43.7 Å². The van der Waals surface area contributed by atoms with Crippen LogP contribution in [-0.4, -0.2) is 4.98 Å². The lowest BCUT2D eigenvalue weighted by Crippen LogP contribution is -2.22. The van der Waals surface area contributed by atoms with E-state index in [2.05, 4.69) is 4.98 Å². The smallest absolute Gasteiger partial charge is 0.252 e. The third-order valence-corrected chi connectivity index (χ3v) is 3.31. The zero-order valence-electron chi connectivity index (χ0n) is 9.23. The Morgan fingerprint density at radius 1 is 1.20 bits per heavy atom. The Kier molecular flexibility index (Phi) is 2.91. The van der Waals surface area contributed by atoms with Crippen molar-refractivity contribution < 1.29 is 0 Å². The van der Waals surface area contributed by atoms with Crippen molar-refractivity contribution in [2.24, 2.45) is 5.73 Å². The maximum Gasteiger partial charge on any atom is 0.252 e. The van der Waals surface area contributed by atoms with Crippen LogP contribution in [0.25, 0.3) is 0 Å². The van der Waals surface area contributed by atoms with Crippen LogP contribution in [0.1, 0.15) is 41.6 Å². The first-order valence-electron chi connectivity index (χ1n) is 5.67. The van der Waals surface area contributed by atoms with Gasteiger partial charge in [0, 0.05) is 17.8 Å². The minimum atomic E-state index is 0.00986. The lowest BCUT2D eigenvalue weighted by atomic mass is 9.97. The quantitative estimate of drug-likeness (QED) is 0.682. The van der Waals surface area contributed by atoms with Crippen molar-refractivity contribution in [1.29, 1.82) is 0 Å². The molecule has 3 nitrogen and oxygen atoms in total. The van der Waals surface area contributed by atoms with Gasteiger partial charge in [0.05, 0.1) is 0 Å². The van der Waals surface area contributed by atoms with Gasteiger partial charge in [-0.2, -0.15) is 0 Å². The second-order valence-electron chi connectivity index (χ2n) is 4.28. The molecular weight excluding hydrogens is 188 g/mol. The Balaban J connectivity index is 2.63. The molecule has 1 aromatic rings. The molecule has 2 rings (SSSR count). The van der Waals surface area contributed by atoms with Crippen molar-refractivity contribution in [3.63, 3.8) is 0 Å². The van der Waals surface area contributed by atoms with Crippen LogP contribution in [0.2, 0.25) is 0 Å². The second kappa shape index (κ2) is 4.19. The Labute approximate surface area is 89.7 Å². The van der Waals surface area contributed by atoms with Gasteiger partial charge >= 0.3 is 0 Å². The molecule has 0 unspecified atom stereocenters. The van der Waals surface area contributed by atoms with Crippen LogP contribution in [0.3, 0.4) is 0 Å². The summed E-state index contributed by atoms with van der Waals surface area (Å²) in [5.41, 5.74) is 10.1. The lowest BCUT2D eigenvalue weighted by Gasteiger charge is -2.12. The van der Waals surface area contributed by atoms with Crippen LogP contribution < -0.4 is 11.3 Å².